The van der Waals surface area contributed by atoms with Gasteiger partial charge < -0.3 is 14.3 Å². The predicted molar refractivity (Wildman–Crippen MR) is 46.3 cm³/mol. The zero-order chi connectivity index (χ0) is 9.97. The minimum absolute atomic E-state index is 0.124. The van der Waals surface area contributed by atoms with Crippen molar-refractivity contribution in [3.63, 3.8) is 0 Å². The van der Waals surface area contributed by atoms with Gasteiger partial charge in [-0.15, -0.1) is 0 Å². The van der Waals surface area contributed by atoms with Crippen molar-refractivity contribution in [1.29, 1.82) is 0 Å². The van der Waals surface area contributed by atoms with Gasteiger partial charge in [-0.25, -0.2) is 4.98 Å². The number of hydrogen-bond acceptors (Lipinski definition) is 4. The summed E-state index contributed by atoms with van der Waals surface area (Å²) in [5.41, 5.74) is 0.795. The number of carbonyl (C=O) groups excluding carboxylic acids is 1. The molecule has 2 aromatic rings. The highest BCUT2D eigenvalue weighted by Gasteiger charge is 2.02. The number of carbonyl (C=O) groups is 1. The van der Waals surface area contributed by atoms with Gasteiger partial charge in [0.05, 0.1) is 12.2 Å². The highest BCUT2D eigenvalue weighted by atomic mass is 16.4. The van der Waals surface area contributed by atoms with Crippen LogP contribution in [0.3, 0.4) is 0 Å². The molecule has 0 saturated carbocycles. The predicted octanol–water partition coefficient (Wildman–Crippen LogP) is 0.705. The standard InChI is InChI=1S/C10H7NO3/c12-10(13)8-3-1-2-7(4-8)9-5-11-6-14-9/h1-6H,(H,12,13)/p-1. The van der Waals surface area contributed by atoms with Gasteiger partial charge in [-0.1, -0.05) is 18.2 Å². The quantitative estimate of drug-likeness (QED) is 0.695. The third-order valence-electron chi connectivity index (χ3n) is 1.82. The molecule has 0 fully saturated rings. The van der Waals surface area contributed by atoms with Crippen LogP contribution in [-0.2, 0) is 0 Å². The number of aromatic carboxylic acids is 1. The van der Waals surface area contributed by atoms with E-state index in [4.69, 9.17) is 4.42 Å². The number of carboxylic acids is 1. The lowest BCUT2D eigenvalue weighted by Gasteiger charge is -2.02. The van der Waals surface area contributed by atoms with E-state index in [0.29, 0.717) is 11.3 Å². The maximum absolute atomic E-state index is 10.6. The van der Waals surface area contributed by atoms with Crippen molar-refractivity contribution in [2.45, 2.75) is 0 Å². The van der Waals surface area contributed by atoms with E-state index >= 15 is 0 Å². The summed E-state index contributed by atoms with van der Waals surface area (Å²) in [6.45, 7) is 0. The zero-order valence-electron chi connectivity index (χ0n) is 7.14. The number of nitrogens with zero attached hydrogens (tertiary/aromatic N) is 1. The normalized spacial score (nSPS) is 10.0. The van der Waals surface area contributed by atoms with Crippen molar-refractivity contribution in [3.05, 3.63) is 42.4 Å². The van der Waals surface area contributed by atoms with Crippen LogP contribution in [-0.4, -0.2) is 11.0 Å². The summed E-state index contributed by atoms with van der Waals surface area (Å²) in [5, 5.41) is 10.6. The maximum Gasteiger partial charge on any atom is 0.181 e. The average molecular weight is 188 g/mol. The molecule has 1 heterocycles. The van der Waals surface area contributed by atoms with Crippen LogP contribution >= 0.6 is 0 Å². The van der Waals surface area contributed by atoms with Gasteiger partial charge in [0, 0.05) is 5.56 Å². The van der Waals surface area contributed by atoms with E-state index < -0.39 is 5.97 Å². The molecule has 0 bridgehead atoms. The molecule has 0 radical (unpaired) electrons. The number of rotatable bonds is 2. The van der Waals surface area contributed by atoms with E-state index in [1.54, 1.807) is 12.1 Å². The molecule has 0 aliphatic heterocycles. The van der Waals surface area contributed by atoms with Crippen molar-refractivity contribution >= 4 is 5.97 Å². The maximum atomic E-state index is 10.6. The molecule has 0 saturated heterocycles. The van der Waals surface area contributed by atoms with Crippen molar-refractivity contribution in [1.82, 2.24) is 4.98 Å². The smallest absolute Gasteiger partial charge is 0.181 e. The van der Waals surface area contributed by atoms with Gasteiger partial charge in [0.15, 0.2) is 12.2 Å². The number of benzene rings is 1. The molecule has 0 atom stereocenters. The number of hydrogen-bond donors (Lipinski definition) is 0. The lowest BCUT2D eigenvalue weighted by atomic mass is 10.1. The summed E-state index contributed by atoms with van der Waals surface area (Å²) in [4.78, 5) is 14.3. The Balaban J connectivity index is 2.46. The van der Waals surface area contributed by atoms with Gasteiger partial charge in [0.2, 0.25) is 0 Å². The molecule has 4 nitrogen and oxygen atoms in total. The molecule has 0 aliphatic rings. The Hall–Kier alpha value is -2.10. The summed E-state index contributed by atoms with van der Waals surface area (Å²) >= 11 is 0. The Morgan fingerprint density at radius 2 is 2.29 bits per heavy atom. The Kier molecular flexibility index (Phi) is 2.02. The second-order valence-electron chi connectivity index (χ2n) is 2.73. The van der Waals surface area contributed by atoms with E-state index in [2.05, 4.69) is 4.98 Å². The monoisotopic (exact) mass is 188 g/mol. The van der Waals surface area contributed by atoms with Gasteiger partial charge >= 0.3 is 0 Å². The van der Waals surface area contributed by atoms with Crippen LogP contribution < -0.4 is 5.11 Å². The molecule has 1 aromatic carbocycles. The van der Waals surface area contributed by atoms with Crippen molar-refractivity contribution in [2.24, 2.45) is 0 Å². The third-order valence-corrected chi connectivity index (χ3v) is 1.82. The molecule has 0 amide bonds. The number of aromatic nitrogens is 1. The molecule has 1 aromatic heterocycles. The summed E-state index contributed by atoms with van der Waals surface area (Å²) in [6, 6.07) is 6.32. The summed E-state index contributed by atoms with van der Waals surface area (Å²) in [5.74, 6) is -0.667. The van der Waals surface area contributed by atoms with Crippen LogP contribution in [0.25, 0.3) is 11.3 Å². The fraction of sp³-hybridized carbons (Fsp3) is 0. The van der Waals surface area contributed by atoms with Crippen molar-refractivity contribution in [2.75, 3.05) is 0 Å². The molecule has 0 aliphatic carbocycles. The molecule has 14 heavy (non-hydrogen) atoms. The number of carboxylic acid groups (broad SMARTS) is 1. The third kappa shape index (κ3) is 1.50. The Morgan fingerprint density at radius 3 is 2.93 bits per heavy atom. The Morgan fingerprint density at radius 1 is 1.43 bits per heavy atom. The second kappa shape index (κ2) is 3.33. The zero-order valence-corrected chi connectivity index (χ0v) is 7.14. The Labute approximate surface area is 79.8 Å². The second-order valence-corrected chi connectivity index (χ2v) is 2.73. The fourth-order valence-corrected chi connectivity index (χ4v) is 1.16. The van der Waals surface area contributed by atoms with Gasteiger partial charge in [-0.3, -0.25) is 0 Å². The van der Waals surface area contributed by atoms with E-state index in [0.717, 1.165) is 0 Å². The first-order valence-electron chi connectivity index (χ1n) is 3.97. The first kappa shape index (κ1) is 8.50. The molecule has 0 spiro atoms. The largest absolute Gasteiger partial charge is 0.545 e. The van der Waals surface area contributed by atoms with E-state index in [1.165, 1.54) is 24.7 Å². The molecular weight excluding hydrogens is 182 g/mol. The molecule has 2 rings (SSSR count). The van der Waals surface area contributed by atoms with Crippen LogP contribution in [0.4, 0.5) is 0 Å². The van der Waals surface area contributed by atoms with E-state index in [-0.39, 0.29) is 5.56 Å². The minimum atomic E-state index is -1.20. The van der Waals surface area contributed by atoms with Crippen LogP contribution in [0.2, 0.25) is 0 Å². The van der Waals surface area contributed by atoms with Gasteiger partial charge in [0.25, 0.3) is 0 Å². The molecule has 4 heteroatoms. The van der Waals surface area contributed by atoms with Crippen molar-refractivity contribution in [3.8, 4) is 11.3 Å². The summed E-state index contributed by atoms with van der Waals surface area (Å²) < 4.78 is 5.03. The highest BCUT2D eigenvalue weighted by molar-refractivity contribution is 5.87. The van der Waals surface area contributed by atoms with Crippen LogP contribution in [0.15, 0.2) is 41.3 Å². The number of oxazole rings is 1. The Bertz CT molecular complexity index is 448. The molecule has 70 valence electrons. The first-order valence-corrected chi connectivity index (χ1v) is 3.97. The molecule has 0 unspecified atom stereocenters. The summed E-state index contributed by atoms with van der Waals surface area (Å²) in [7, 11) is 0. The first-order chi connectivity index (χ1) is 6.77. The molecular formula is C10H6NO3-. The topological polar surface area (TPSA) is 66.2 Å². The summed E-state index contributed by atoms with van der Waals surface area (Å²) in [6.07, 6.45) is 2.81. The van der Waals surface area contributed by atoms with Crippen LogP contribution in [0.5, 0.6) is 0 Å². The van der Waals surface area contributed by atoms with Crippen LogP contribution in [0.1, 0.15) is 10.4 Å². The van der Waals surface area contributed by atoms with E-state index in [1.807, 2.05) is 0 Å². The SMILES string of the molecule is O=C([O-])c1cccc(-c2cnco2)c1. The van der Waals surface area contributed by atoms with E-state index in [9.17, 15) is 9.90 Å². The minimum Gasteiger partial charge on any atom is -0.545 e. The van der Waals surface area contributed by atoms with Gasteiger partial charge in [-0.05, 0) is 11.6 Å². The lowest BCUT2D eigenvalue weighted by Crippen LogP contribution is -2.22. The van der Waals surface area contributed by atoms with Gasteiger partial charge in [0.1, 0.15) is 0 Å². The molecule has 0 N–H and O–H groups in total. The van der Waals surface area contributed by atoms with Crippen molar-refractivity contribution < 1.29 is 14.3 Å². The van der Waals surface area contributed by atoms with Crippen LogP contribution in [0, 0.1) is 0 Å². The fourth-order valence-electron chi connectivity index (χ4n) is 1.16. The highest BCUT2D eigenvalue weighted by Crippen LogP contribution is 2.19. The van der Waals surface area contributed by atoms with Gasteiger partial charge in [-0.2, -0.15) is 0 Å². The average Bonchev–Trinajstić information content (AvgIpc) is 2.71. The lowest BCUT2D eigenvalue weighted by molar-refractivity contribution is -0.255.